The van der Waals surface area contributed by atoms with Crippen LogP contribution in [0.2, 0.25) is 0 Å². The zero-order chi connectivity index (χ0) is 9.14. The van der Waals surface area contributed by atoms with E-state index >= 15 is 0 Å². The summed E-state index contributed by atoms with van der Waals surface area (Å²) in [6, 6.07) is 3.62. The van der Waals surface area contributed by atoms with Crippen LogP contribution in [-0.4, -0.2) is 30.8 Å². The maximum absolute atomic E-state index is 8.84. The van der Waals surface area contributed by atoms with E-state index in [-0.39, 0.29) is 0 Å². The van der Waals surface area contributed by atoms with Gasteiger partial charge in [-0.3, -0.25) is 0 Å². The standard InChI is InChI=1S/C7H12BNO2S/c1-3-9(2)7-5-4-6(12-7)8(10)11/h4-5,10-11H,3H2,1-2H3. The smallest absolute Gasteiger partial charge is 0.423 e. The summed E-state index contributed by atoms with van der Waals surface area (Å²) < 4.78 is 0.588. The number of hydrogen-bond acceptors (Lipinski definition) is 4. The summed E-state index contributed by atoms with van der Waals surface area (Å²) in [5.74, 6) is 0. The molecule has 0 amide bonds. The van der Waals surface area contributed by atoms with Crippen LogP contribution in [0.5, 0.6) is 0 Å². The van der Waals surface area contributed by atoms with Gasteiger partial charge >= 0.3 is 7.12 Å². The lowest BCUT2D eigenvalue weighted by atomic mass is 9.90. The Morgan fingerprint density at radius 3 is 2.58 bits per heavy atom. The second-order valence-electron chi connectivity index (χ2n) is 2.56. The van der Waals surface area contributed by atoms with Gasteiger partial charge in [-0.15, -0.1) is 11.3 Å². The Balaban J connectivity index is 2.77. The van der Waals surface area contributed by atoms with Crippen molar-refractivity contribution in [2.24, 2.45) is 0 Å². The quantitative estimate of drug-likeness (QED) is 0.645. The minimum Gasteiger partial charge on any atom is -0.423 e. The van der Waals surface area contributed by atoms with Gasteiger partial charge in [0.2, 0.25) is 0 Å². The maximum Gasteiger partial charge on any atom is 0.499 e. The topological polar surface area (TPSA) is 43.7 Å². The number of hydrogen-bond donors (Lipinski definition) is 2. The zero-order valence-electron chi connectivity index (χ0n) is 7.19. The molecular formula is C7H12BNO2S. The van der Waals surface area contributed by atoms with Crippen molar-refractivity contribution in [1.82, 2.24) is 0 Å². The summed E-state index contributed by atoms with van der Waals surface area (Å²) in [4.78, 5) is 2.05. The minimum absolute atomic E-state index is 0.588. The summed E-state index contributed by atoms with van der Waals surface area (Å²) in [6.45, 7) is 2.97. The summed E-state index contributed by atoms with van der Waals surface area (Å²) in [6.07, 6.45) is 0. The summed E-state index contributed by atoms with van der Waals surface area (Å²) in [5.41, 5.74) is 0. The van der Waals surface area contributed by atoms with E-state index in [9.17, 15) is 0 Å². The van der Waals surface area contributed by atoms with Gasteiger partial charge in [0.1, 0.15) is 0 Å². The van der Waals surface area contributed by atoms with Gasteiger partial charge < -0.3 is 14.9 Å². The van der Waals surface area contributed by atoms with E-state index in [0.717, 1.165) is 11.5 Å². The highest BCUT2D eigenvalue weighted by molar-refractivity contribution is 7.25. The molecule has 5 heteroatoms. The van der Waals surface area contributed by atoms with Gasteiger partial charge in [0, 0.05) is 18.4 Å². The number of thiophene rings is 1. The first-order valence-corrected chi connectivity index (χ1v) is 4.63. The third-order valence-electron chi connectivity index (χ3n) is 1.72. The average Bonchev–Trinajstić information content (AvgIpc) is 2.51. The molecule has 1 heterocycles. The highest BCUT2D eigenvalue weighted by Gasteiger charge is 2.14. The molecule has 3 nitrogen and oxygen atoms in total. The highest BCUT2D eigenvalue weighted by atomic mass is 32.1. The normalized spacial score (nSPS) is 10.0. The fraction of sp³-hybridized carbons (Fsp3) is 0.429. The van der Waals surface area contributed by atoms with Crippen molar-refractivity contribution in [3.63, 3.8) is 0 Å². The monoisotopic (exact) mass is 185 g/mol. The molecule has 1 rings (SSSR count). The lowest BCUT2D eigenvalue weighted by Gasteiger charge is -2.12. The Bertz CT molecular complexity index is 251. The fourth-order valence-electron chi connectivity index (χ4n) is 0.842. The van der Waals surface area contributed by atoms with Crippen LogP contribution in [0.4, 0.5) is 5.00 Å². The summed E-state index contributed by atoms with van der Waals surface area (Å²) in [5, 5.41) is 18.7. The average molecular weight is 185 g/mol. The van der Waals surface area contributed by atoms with Gasteiger partial charge in [-0.2, -0.15) is 0 Å². The van der Waals surface area contributed by atoms with Crippen molar-refractivity contribution < 1.29 is 10.0 Å². The van der Waals surface area contributed by atoms with E-state index in [1.165, 1.54) is 11.3 Å². The van der Waals surface area contributed by atoms with Crippen LogP contribution >= 0.6 is 11.3 Å². The van der Waals surface area contributed by atoms with Gasteiger partial charge in [0.15, 0.2) is 0 Å². The van der Waals surface area contributed by atoms with Gasteiger partial charge in [-0.1, -0.05) is 0 Å². The zero-order valence-corrected chi connectivity index (χ0v) is 8.01. The first kappa shape index (κ1) is 9.57. The first-order valence-electron chi connectivity index (χ1n) is 3.82. The van der Waals surface area contributed by atoms with Crippen molar-refractivity contribution in [2.45, 2.75) is 6.92 Å². The Morgan fingerprint density at radius 2 is 2.17 bits per heavy atom. The molecule has 0 bridgehead atoms. The van der Waals surface area contributed by atoms with Crippen LogP contribution in [0.1, 0.15) is 6.92 Å². The second-order valence-corrected chi connectivity index (χ2v) is 3.66. The van der Waals surface area contributed by atoms with Crippen LogP contribution in [0.15, 0.2) is 12.1 Å². The summed E-state index contributed by atoms with van der Waals surface area (Å²) in [7, 11) is 0.633. The maximum atomic E-state index is 8.84. The van der Waals surface area contributed by atoms with E-state index in [0.29, 0.717) is 4.78 Å². The Hall–Kier alpha value is -0.515. The molecule has 0 aliphatic heterocycles. The van der Waals surface area contributed by atoms with Crippen LogP contribution in [-0.2, 0) is 0 Å². The van der Waals surface area contributed by atoms with E-state index in [1.54, 1.807) is 6.07 Å². The van der Waals surface area contributed by atoms with Crippen molar-refractivity contribution in [2.75, 3.05) is 18.5 Å². The SMILES string of the molecule is CCN(C)c1ccc(B(O)O)s1. The molecule has 1 aromatic heterocycles. The molecule has 2 N–H and O–H groups in total. The minimum atomic E-state index is -1.34. The van der Waals surface area contributed by atoms with Crippen molar-refractivity contribution in [1.29, 1.82) is 0 Å². The molecule has 0 fully saturated rings. The van der Waals surface area contributed by atoms with Crippen LogP contribution in [0.3, 0.4) is 0 Å². The Labute approximate surface area is 76.4 Å². The summed E-state index contributed by atoms with van der Waals surface area (Å²) >= 11 is 1.40. The highest BCUT2D eigenvalue weighted by Crippen LogP contribution is 2.17. The third-order valence-corrected chi connectivity index (χ3v) is 2.96. The first-order chi connectivity index (χ1) is 5.65. The van der Waals surface area contributed by atoms with Crippen LogP contribution in [0, 0.1) is 0 Å². The van der Waals surface area contributed by atoms with E-state index in [1.807, 2.05) is 13.1 Å². The fourth-order valence-corrected chi connectivity index (χ4v) is 1.75. The lowest BCUT2D eigenvalue weighted by Crippen LogP contribution is -2.26. The predicted molar refractivity (Wildman–Crippen MR) is 53.1 cm³/mol. The van der Waals surface area contributed by atoms with Crippen molar-refractivity contribution in [3.05, 3.63) is 12.1 Å². The molecule has 1 aromatic rings. The number of nitrogens with zero attached hydrogens (tertiary/aromatic N) is 1. The molecule has 0 aromatic carbocycles. The molecular weight excluding hydrogens is 173 g/mol. The molecule has 0 spiro atoms. The number of rotatable bonds is 3. The van der Waals surface area contributed by atoms with E-state index < -0.39 is 7.12 Å². The van der Waals surface area contributed by atoms with Crippen LogP contribution < -0.4 is 9.68 Å². The molecule has 12 heavy (non-hydrogen) atoms. The Morgan fingerprint density at radius 1 is 1.50 bits per heavy atom. The van der Waals surface area contributed by atoms with Crippen molar-refractivity contribution >= 4 is 28.2 Å². The molecule has 0 aliphatic carbocycles. The molecule has 66 valence electrons. The number of anilines is 1. The van der Waals surface area contributed by atoms with E-state index in [4.69, 9.17) is 10.0 Å². The molecule has 0 radical (unpaired) electrons. The Kier molecular flexibility index (Phi) is 3.14. The lowest BCUT2D eigenvalue weighted by molar-refractivity contribution is 0.427. The van der Waals surface area contributed by atoms with Gasteiger partial charge in [-0.25, -0.2) is 0 Å². The molecule has 0 unspecified atom stereocenters. The molecule has 0 saturated carbocycles. The van der Waals surface area contributed by atoms with Crippen LogP contribution in [0.25, 0.3) is 0 Å². The second kappa shape index (κ2) is 3.93. The van der Waals surface area contributed by atoms with Gasteiger partial charge in [0.05, 0.1) is 5.00 Å². The molecule has 0 atom stereocenters. The van der Waals surface area contributed by atoms with Crippen molar-refractivity contribution in [3.8, 4) is 0 Å². The third kappa shape index (κ3) is 2.00. The largest absolute Gasteiger partial charge is 0.499 e. The van der Waals surface area contributed by atoms with E-state index in [2.05, 4.69) is 11.8 Å². The molecule has 0 aliphatic rings. The van der Waals surface area contributed by atoms with Gasteiger partial charge in [0.25, 0.3) is 0 Å². The van der Waals surface area contributed by atoms with Gasteiger partial charge in [-0.05, 0) is 19.1 Å². The molecule has 0 saturated heterocycles. The predicted octanol–water partition coefficient (Wildman–Crippen LogP) is -0.116.